The van der Waals surface area contributed by atoms with Crippen LogP contribution in [-0.4, -0.2) is 19.2 Å². The van der Waals surface area contributed by atoms with Gasteiger partial charge in [0.25, 0.3) is 0 Å². The number of amides is 2. The normalized spacial score (nSPS) is 14.4. The molecule has 2 heterocycles. The molecule has 2 amide bonds. The number of urea groups is 1. The van der Waals surface area contributed by atoms with Crippen LogP contribution in [0.2, 0.25) is 0 Å². The lowest BCUT2D eigenvalue weighted by molar-refractivity contribution is 0.262. The largest absolute Gasteiger partial charge is 0.493 e. The maximum Gasteiger partial charge on any atom is 0.323 e. The van der Waals surface area contributed by atoms with Gasteiger partial charge in [-0.25, -0.2) is 4.79 Å². The van der Waals surface area contributed by atoms with Crippen LogP contribution in [0.1, 0.15) is 22.3 Å². The van der Waals surface area contributed by atoms with Crippen molar-refractivity contribution in [1.29, 1.82) is 0 Å². The fourth-order valence-corrected chi connectivity index (χ4v) is 3.34. The Bertz CT molecular complexity index is 798. The molecular formula is C19H20N2O3. The van der Waals surface area contributed by atoms with Crippen LogP contribution < -0.4 is 20.1 Å². The molecule has 0 saturated heterocycles. The van der Waals surface area contributed by atoms with Gasteiger partial charge in [-0.1, -0.05) is 17.7 Å². The monoisotopic (exact) mass is 324 g/mol. The van der Waals surface area contributed by atoms with Crippen molar-refractivity contribution in [3.8, 4) is 11.5 Å². The second-order valence-electron chi connectivity index (χ2n) is 6.31. The predicted octanol–water partition coefficient (Wildman–Crippen LogP) is 3.82. The van der Waals surface area contributed by atoms with Crippen molar-refractivity contribution in [1.82, 2.24) is 0 Å². The molecule has 0 bridgehead atoms. The van der Waals surface area contributed by atoms with Crippen LogP contribution in [-0.2, 0) is 12.8 Å². The molecule has 2 aliphatic rings. The maximum absolute atomic E-state index is 12.5. The number of benzene rings is 2. The van der Waals surface area contributed by atoms with E-state index in [4.69, 9.17) is 9.47 Å². The molecule has 2 aliphatic heterocycles. The minimum absolute atomic E-state index is 0.264. The second kappa shape index (κ2) is 5.74. The number of anilines is 2. The van der Waals surface area contributed by atoms with E-state index in [-0.39, 0.29) is 6.03 Å². The first-order valence-corrected chi connectivity index (χ1v) is 8.21. The average Bonchev–Trinajstić information content (AvgIpc) is 3.18. The van der Waals surface area contributed by atoms with Crippen LogP contribution in [0.4, 0.5) is 16.2 Å². The van der Waals surface area contributed by atoms with Crippen LogP contribution in [0.5, 0.6) is 11.5 Å². The summed E-state index contributed by atoms with van der Waals surface area (Å²) in [6.07, 6.45) is 1.63. The van der Waals surface area contributed by atoms with Crippen LogP contribution in [0.3, 0.4) is 0 Å². The molecule has 0 atom stereocenters. The summed E-state index contributed by atoms with van der Waals surface area (Å²) in [6, 6.07) is 7.73. The van der Waals surface area contributed by atoms with Gasteiger partial charge in [0.1, 0.15) is 11.5 Å². The Morgan fingerprint density at radius 1 is 1.04 bits per heavy atom. The van der Waals surface area contributed by atoms with Crippen LogP contribution in [0, 0.1) is 13.8 Å². The Kier molecular flexibility index (Phi) is 3.56. The smallest absolute Gasteiger partial charge is 0.323 e. The lowest BCUT2D eigenvalue weighted by atomic mass is 10.0. The van der Waals surface area contributed by atoms with Crippen molar-refractivity contribution in [3.05, 3.63) is 46.5 Å². The van der Waals surface area contributed by atoms with E-state index in [1.54, 1.807) is 0 Å². The highest BCUT2D eigenvalue weighted by Crippen LogP contribution is 2.44. The van der Waals surface area contributed by atoms with Gasteiger partial charge in [-0.3, -0.25) is 0 Å². The van der Waals surface area contributed by atoms with Crippen molar-refractivity contribution >= 4 is 17.4 Å². The van der Waals surface area contributed by atoms with Crippen LogP contribution in [0.25, 0.3) is 0 Å². The lowest BCUT2D eigenvalue weighted by Crippen LogP contribution is -2.21. The van der Waals surface area contributed by atoms with E-state index in [0.717, 1.165) is 52.4 Å². The van der Waals surface area contributed by atoms with Gasteiger partial charge in [-0.15, -0.1) is 0 Å². The van der Waals surface area contributed by atoms with Crippen molar-refractivity contribution in [2.75, 3.05) is 23.8 Å². The first-order valence-electron chi connectivity index (χ1n) is 8.21. The molecule has 4 rings (SSSR count). The second-order valence-corrected chi connectivity index (χ2v) is 6.31. The topological polar surface area (TPSA) is 59.6 Å². The summed E-state index contributed by atoms with van der Waals surface area (Å²) in [5.41, 5.74) is 5.87. The number of carbonyl (C=O) groups is 1. The van der Waals surface area contributed by atoms with Crippen LogP contribution >= 0.6 is 0 Å². The molecule has 0 aliphatic carbocycles. The van der Waals surface area contributed by atoms with Gasteiger partial charge in [0, 0.05) is 29.7 Å². The zero-order valence-electron chi connectivity index (χ0n) is 13.9. The van der Waals surface area contributed by atoms with Gasteiger partial charge in [0.05, 0.1) is 18.9 Å². The summed E-state index contributed by atoms with van der Waals surface area (Å²) < 4.78 is 11.4. The zero-order valence-corrected chi connectivity index (χ0v) is 13.9. The van der Waals surface area contributed by atoms with E-state index in [2.05, 4.69) is 10.6 Å². The third kappa shape index (κ3) is 2.56. The molecule has 5 heteroatoms. The van der Waals surface area contributed by atoms with Crippen LogP contribution in [0.15, 0.2) is 24.3 Å². The van der Waals surface area contributed by atoms with Crippen molar-refractivity contribution in [2.45, 2.75) is 26.7 Å². The minimum Gasteiger partial charge on any atom is -0.493 e. The van der Waals surface area contributed by atoms with Crippen molar-refractivity contribution in [2.24, 2.45) is 0 Å². The van der Waals surface area contributed by atoms with E-state index in [0.29, 0.717) is 13.2 Å². The number of ether oxygens (including phenoxy) is 2. The third-order valence-corrected chi connectivity index (χ3v) is 4.52. The fraction of sp³-hybridized carbons (Fsp3) is 0.316. The maximum atomic E-state index is 12.5. The number of aryl methyl sites for hydroxylation is 2. The van der Waals surface area contributed by atoms with E-state index in [9.17, 15) is 4.79 Å². The summed E-state index contributed by atoms with van der Waals surface area (Å²) in [5, 5.41) is 5.90. The Morgan fingerprint density at radius 2 is 1.88 bits per heavy atom. The molecule has 0 unspecified atom stereocenters. The number of hydrogen-bond donors (Lipinski definition) is 2. The molecule has 0 saturated carbocycles. The quantitative estimate of drug-likeness (QED) is 0.883. The van der Waals surface area contributed by atoms with E-state index in [1.807, 2.05) is 38.1 Å². The molecular weight excluding hydrogens is 304 g/mol. The molecule has 2 N–H and O–H groups in total. The number of nitrogens with one attached hydrogen (secondary N) is 2. The number of carbonyl (C=O) groups excluding carboxylic acids is 1. The van der Waals surface area contributed by atoms with Gasteiger partial charge in [-0.05, 0) is 31.5 Å². The molecule has 0 aromatic heterocycles. The van der Waals surface area contributed by atoms with Gasteiger partial charge in [-0.2, -0.15) is 0 Å². The van der Waals surface area contributed by atoms with Crippen molar-refractivity contribution in [3.63, 3.8) is 0 Å². The highest BCUT2D eigenvalue weighted by Gasteiger charge is 2.27. The van der Waals surface area contributed by atoms with Gasteiger partial charge >= 0.3 is 6.03 Å². The molecule has 0 fully saturated rings. The highest BCUT2D eigenvalue weighted by atomic mass is 16.5. The zero-order chi connectivity index (χ0) is 16.7. The highest BCUT2D eigenvalue weighted by molar-refractivity contribution is 6.02. The minimum atomic E-state index is -0.264. The summed E-state index contributed by atoms with van der Waals surface area (Å²) in [6.45, 7) is 5.30. The Labute approximate surface area is 141 Å². The Hall–Kier alpha value is -2.69. The van der Waals surface area contributed by atoms with E-state index < -0.39 is 0 Å². The summed E-state index contributed by atoms with van der Waals surface area (Å²) >= 11 is 0. The van der Waals surface area contributed by atoms with E-state index in [1.165, 1.54) is 5.56 Å². The number of hydrogen-bond acceptors (Lipinski definition) is 3. The summed E-state index contributed by atoms with van der Waals surface area (Å²) in [4.78, 5) is 12.5. The first-order chi connectivity index (χ1) is 11.6. The molecule has 2 aromatic rings. The third-order valence-electron chi connectivity index (χ3n) is 4.52. The van der Waals surface area contributed by atoms with Crippen molar-refractivity contribution < 1.29 is 14.3 Å². The lowest BCUT2D eigenvalue weighted by Gasteiger charge is -2.15. The average molecular weight is 324 g/mol. The molecule has 0 radical (unpaired) electrons. The summed E-state index contributed by atoms with van der Waals surface area (Å²) in [5.74, 6) is 1.65. The fourth-order valence-electron chi connectivity index (χ4n) is 3.34. The van der Waals surface area contributed by atoms with Gasteiger partial charge in [0.2, 0.25) is 0 Å². The standard InChI is InChI=1S/C19H20N2O3/c1-11-3-4-15(12(2)9-11)20-19(22)21-17-14-6-8-23-16(14)10-13-5-7-24-18(13)17/h3-4,9-10H,5-8H2,1-2H3,(H2,20,21,22). The molecule has 2 aromatic carbocycles. The predicted molar refractivity (Wildman–Crippen MR) is 93.4 cm³/mol. The number of fused-ring (bicyclic) bond motifs is 2. The van der Waals surface area contributed by atoms with E-state index >= 15 is 0 Å². The molecule has 24 heavy (non-hydrogen) atoms. The first kappa shape index (κ1) is 14.9. The summed E-state index contributed by atoms with van der Waals surface area (Å²) in [7, 11) is 0. The van der Waals surface area contributed by atoms with Gasteiger partial charge < -0.3 is 20.1 Å². The molecule has 0 spiro atoms. The van der Waals surface area contributed by atoms with Gasteiger partial charge in [0.15, 0.2) is 0 Å². The molecule has 5 nitrogen and oxygen atoms in total. The molecule has 124 valence electrons. The SMILES string of the molecule is Cc1ccc(NC(=O)Nc2c3c(cc4c2OCC4)OCC3)c(C)c1. The Morgan fingerprint density at radius 3 is 2.71 bits per heavy atom. The number of rotatable bonds is 2. The Balaban J connectivity index is 1.60.